The average molecular weight is 468 g/mol. The van der Waals surface area contributed by atoms with E-state index in [1.807, 2.05) is 6.92 Å². The molecule has 0 aliphatic rings. The largest absolute Gasteiger partial charge is 0.497 e. The van der Waals surface area contributed by atoms with Gasteiger partial charge in [-0.1, -0.05) is 43.8 Å². The number of hydrogen-bond donors (Lipinski definition) is 3. The fourth-order valence-electron chi connectivity index (χ4n) is 2.94. The molecule has 3 N–H and O–H groups in total. The lowest BCUT2D eigenvalue weighted by molar-refractivity contribution is -0.116. The molecule has 3 aromatic rings. The van der Waals surface area contributed by atoms with Crippen LogP contribution in [0.3, 0.4) is 0 Å². The second-order valence-corrected chi connectivity index (χ2v) is 8.18. The van der Waals surface area contributed by atoms with Crippen LogP contribution in [0.25, 0.3) is 11.3 Å². The number of amides is 2. The van der Waals surface area contributed by atoms with Gasteiger partial charge in [-0.25, -0.2) is 0 Å². The summed E-state index contributed by atoms with van der Waals surface area (Å²) in [5, 5.41) is 13.5. The molecule has 9 nitrogen and oxygen atoms in total. The normalized spacial score (nSPS) is 11.5. The number of rotatable bonds is 9. The Bertz CT molecular complexity index is 1180. The van der Waals surface area contributed by atoms with Crippen LogP contribution in [-0.4, -0.2) is 39.4 Å². The molecule has 10 heteroatoms. The number of nitrogens with one attached hydrogen (secondary N) is 3. The predicted octanol–water partition coefficient (Wildman–Crippen LogP) is 3.70. The number of aromatic amines is 1. The van der Waals surface area contributed by atoms with E-state index in [-0.39, 0.29) is 22.7 Å². The number of hydrogen-bond acceptors (Lipinski definition) is 7. The van der Waals surface area contributed by atoms with Gasteiger partial charge < -0.3 is 15.4 Å². The molecule has 3 rings (SSSR count). The van der Waals surface area contributed by atoms with Crippen molar-refractivity contribution in [2.24, 2.45) is 0 Å². The molecule has 33 heavy (non-hydrogen) atoms. The molecule has 0 spiro atoms. The number of carbonyl (C=O) groups is 2. The van der Waals surface area contributed by atoms with Gasteiger partial charge in [0.05, 0.1) is 18.0 Å². The second-order valence-electron chi connectivity index (χ2n) is 6.99. The van der Waals surface area contributed by atoms with Crippen LogP contribution in [0.2, 0.25) is 0 Å². The summed E-state index contributed by atoms with van der Waals surface area (Å²) in [6.07, 6.45) is 0.826. The molecule has 1 aromatic heterocycles. The number of anilines is 2. The summed E-state index contributed by atoms with van der Waals surface area (Å²) in [4.78, 5) is 39.9. The third-order valence-electron chi connectivity index (χ3n) is 4.73. The number of carbonyl (C=O) groups excluding carboxylic acids is 2. The van der Waals surface area contributed by atoms with Crippen molar-refractivity contribution in [1.82, 2.24) is 15.2 Å². The van der Waals surface area contributed by atoms with Gasteiger partial charge in [0, 0.05) is 17.7 Å². The van der Waals surface area contributed by atoms with E-state index < -0.39 is 10.8 Å². The number of para-hydroxylation sites is 1. The van der Waals surface area contributed by atoms with Gasteiger partial charge >= 0.3 is 0 Å². The van der Waals surface area contributed by atoms with Crippen molar-refractivity contribution in [3.05, 3.63) is 58.9 Å². The standard InChI is InChI=1S/C23H25N5O4S/c1-4-18(21(30)24-14-10-12-15(32-3)13-11-14)33-23-26-22(31)20(27-28-23)16-8-6-7-9-17(16)25-19(29)5-2/h6-13,18H,4-5H2,1-3H3,(H,24,30)(H,25,29)(H,26,28,31). The highest BCUT2D eigenvalue weighted by molar-refractivity contribution is 8.00. The maximum atomic E-state index is 12.7. The first-order valence-corrected chi connectivity index (χ1v) is 11.3. The summed E-state index contributed by atoms with van der Waals surface area (Å²) in [5.74, 6) is 0.304. The summed E-state index contributed by atoms with van der Waals surface area (Å²) in [7, 11) is 1.57. The Morgan fingerprint density at radius 1 is 1.06 bits per heavy atom. The minimum atomic E-state index is -0.487. The smallest absolute Gasteiger partial charge is 0.278 e. The van der Waals surface area contributed by atoms with E-state index in [1.54, 1.807) is 62.6 Å². The molecule has 0 aliphatic heterocycles. The van der Waals surface area contributed by atoms with Crippen LogP contribution >= 0.6 is 11.8 Å². The highest BCUT2D eigenvalue weighted by atomic mass is 32.2. The van der Waals surface area contributed by atoms with Gasteiger partial charge in [-0.2, -0.15) is 0 Å². The van der Waals surface area contributed by atoms with Crippen LogP contribution in [-0.2, 0) is 9.59 Å². The Kier molecular flexibility index (Phi) is 8.20. The van der Waals surface area contributed by atoms with Gasteiger partial charge in [0.2, 0.25) is 11.8 Å². The van der Waals surface area contributed by atoms with Crippen molar-refractivity contribution in [2.45, 2.75) is 37.1 Å². The van der Waals surface area contributed by atoms with Crippen LogP contribution in [0.5, 0.6) is 5.75 Å². The first-order valence-electron chi connectivity index (χ1n) is 10.4. The fraction of sp³-hybridized carbons (Fsp3) is 0.261. The van der Waals surface area contributed by atoms with Crippen LogP contribution in [0.1, 0.15) is 26.7 Å². The third kappa shape index (κ3) is 6.19. The number of methoxy groups -OCH3 is 1. The Morgan fingerprint density at radius 2 is 1.79 bits per heavy atom. The van der Waals surface area contributed by atoms with Gasteiger partial charge in [-0.3, -0.25) is 19.4 Å². The Balaban J connectivity index is 1.76. The van der Waals surface area contributed by atoms with E-state index in [0.29, 0.717) is 35.5 Å². The Hall–Kier alpha value is -3.66. The zero-order valence-corrected chi connectivity index (χ0v) is 19.4. The molecular formula is C23H25N5O4S. The minimum absolute atomic E-state index is 0.0853. The lowest BCUT2D eigenvalue weighted by Gasteiger charge is -2.14. The SMILES string of the molecule is CCC(=O)Nc1ccccc1-c1nnc(SC(CC)C(=O)Nc2ccc(OC)cc2)[nH]c1=O. The van der Waals surface area contributed by atoms with Crippen LogP contribution < -0.4 is 20.9 Å². The predicted molar refractivity (Wildman–Crippen MR) is 129 cm³/mol. The van der Waals surface area contributed by atoms with Crippen molar-refractivity contribution in [3.8, 4) is 17.0 Å². The monoisotopic (exact) mass is 467 g/mol. The molecule has 1 atom stereocenters. The van der Waals surface area contributed by atoms with Crippen molar-refractivity contribution < 1.29 is 14.3 Å². The minimum Gasteiger partial charge on any atom is -0.497 e. The van der Waals surface area contributed by atoms with E-state index in [1.165, 1.54) is 0 Å². The van der Waals surface area contributed by atoms with Gasteiger partial charge in [-0.05, 0) is 36.8 Å². The summed E-state index contributed by atoms with van der Waals surface area (Å²) >= 11 is 1.12. The van der Waals surface area contributed by atoms with Gasteiger partial charge in [0.25, 0.3) is 5.56 Å². The average Bonchev–Trinajstić information content (AvgIpc) is 2.83. The van der Waals surface area contributed by atoms with Crippen LogP contribution in [0, 0.1) is 0 Å². The van der Waals surface area contributed by atoms with Gasteiger partial charge in [0.15, 0.2) is 10.9 Å². The zero-order valence-electron chi connectivity index (χ0n) is 18.5. The Labute approximate surface area is 195 Å². The van der Waals surface area contributed by atoms with Gasteiger partial charge in [-0.15, -0.1) is 10.2 Å². The number of ether oxygens (including phenoxy) is 1. The number of aromatic nitrogens is 3. The highest BCUT2D eigenvalue weighted by Gasteiger charge is 2.21. The molecule has 0 saturated heterocycles. The molecule has 0 saturated carbocycles. The molecule has 2 aromatic carbocycles. The van der Waals surface area contributed by atoms with Crippen molar-refractivity contribution in [2.75, 3.05) is 17.7 Å². The van der Waals surface area contributed by atoms with Gasteiger partial charge in [0.1, 0.15) is 5.75 Å². The van der Waals surface area contributed by atoms with Crippen molar-refractivity contribution in [1.29, 1.82) is 0 Å². The van der Waals surface area contributed by atoms with E-state index in [0.717, 1.165) is 11.8 Å². The van der Waals surface area contributed by atoms with Crippen molar-refractivity contribution >= 4 is 35.0 Å². The van der Waals surface area contributed by atoms with E-state index in [9.17, 15) is 14.4 Å². The number of thioether (sulfide) groups is 1. The third-order valence-corrected chi connectivity index (χ3v) is 5.97. The Morgan fingerprint density at radius 3 is 2.42 bits per heavy atom. The summed E-state index contributed by atoms with van der Waals surface area (Å²) in [6.45, 7) is 3.61. The first kappa shape index (κ1) is 24.0. The number of benzene rings is 2. The quantitative estimate of drug-likeness (QED) is 0.410. The number of nitrogens with zero attached hydrogens (tertiary/aromatic N) is 2. The van der Waals surface area contributed by atoms with Crippen molar-refractivity contribution in [3.63, 3.8) is 0 Å². The summed E-state index contributed by atoms with van der Waals surface area (Å²) in [5.41, 5.74) is 1.21. The molecule has 1 unspecified atom stereocenters. The lowest BCUT2D eigenvalue weighted by atomic mass is 10.1. The lowest BCUT2D eigenvalue weighted by Crippen LogP contribution is -2.25. The maximum Gasteiger partial charge on any atom is 0.278 e. The molecule has 0 bridgehead atoms. The maximum absolute atomic E-state index is 12.7. The molecule has 0 aliphatic carbocycles. The topological polar surface area (TPSA) is 126 Å². The molecule has 1 heterocycles. The molecular weight excluding hydrogens is 442 g/mol. The first-order chi connectivity index (χ1) is 15.9. The van der Waals surface area contributed by atoms with E-state index >= 15 is 0 Å². The molecule has 2 amide bonds. The fourth-order valence-corrected chi connectivity index (χ4v) is 3.78. The zero-order chi connectivity index (χ0) is 23.8. The second kappa shape index (κ2) is 11.3. The highest BCUT2D eigenvalue weighted by Crippen LogP contribution is 2.26. The summed E-state index contributed by atoms with van der Waals surface area (Å²) in [6, 6.07) is 13.9. The van der Waals surface area contributed by atoms with E-state index in [2.05, 4.69) is 25.8 Å². The van der Waals surface area contributed by atoms with E-state index in [4.69, 9.17) is 4.74 Å². The summed E-state index contributed by atoms with van der Waals surface area (Å²) < 4.78 is 5.12. The molecule has 172 valence electrons. The van der Waals surface area contributed by atoms with Crippen LogP contribution in [0.4, 0.5) is 11.4 Å². The van der Waals surface area contributed by atoms with Crippen LogP contribution in [0.15, 0.2) is 58.5 Å². The number of H-pyrrole nitrogens is 1. The molecule has 0 fully saturated rings. The molecule has 0 radical (unpaired) electrons.